The van der Waals surface area contributed by atoms with Gasteiger partial charge >= 0.3 is 0 Å². The highest BCUT2D eigenvalue weighted by atomic mass is 16.7. The number of ether oxygens (including phenoxy) is 2. The molecule has 224 valence electrons. The fourth-order valence-corrected chi connectivity index (χ4v) is 4.26. The molecule has 11 nitrogen and oxygen atoms in total. The van der Waals surface area contributed by atoms with Crippen LogP contribution in [0.2, 0.25) is 0 Å². The van der Waals surface area contributed by atoms with Crippen LogP contribution in [0.4, 0.5) is 0 Å². The number of amides is 1. The molecule has 1 aliphatic heterocycles. The second-order valence-corrected chi connectivity index (χ2v) is 10.1. The molecule has 0 bridgehead atoms. The molecule has 0 aromatic heterocycles. The highest BCUT2D eigenvalue weighted by Gasteiger charge is 2.44. The van der Waals surface area contributed by atoms with Crippen LogP contribution in [-0.2, 0) is 14.3 Å². The number of carbonyl (C=O) groups is 1. The molecule has 0 radical (unpaired) electrons. The number of hydrogen-bond acceptors (Lipinski definition) is 10. The van der Waals surface area contributed by atoms with E-state index >= 15 is 0 Å². The maximum Gasteiger partial charge on any atom is 0.249 e. The van der Waals surface area contributed by atoms with E-state index in [1.165, 1.54) is 19.3 Å². The third-order valence-electron chi connectivity index (χ3n) is 6.83. The van der Waals surface area contributed by atoms with Crippen LogP contribution in [0.5, 0.6) is 0 Å². The summed E-state index contributed by atoms with van der Waals surface area (Å²) in [5.74, 6) is -0.747. The Balaban J connectivity index is 2.73. The largest absolute Gasteiger partial charge is 0.394 e. The Morgan fingerprint density at radius 1 is 0.895 bits per heavy atom. The molecule has 0 aliphatic carbocycles. The third-order valence-corrected chi connectivity index (χ3v) is 6.83. The number of aliphatic hydroxyl groups excluding tert-OH is 7. The van der Waals surface area contributed by atoms with Gasteiger partial charge in [0.15, 0.2) is 6.29 Å². The Morgan fingerprint density at radius 2 is 1.55 bits per heavy atom. The molecule has 0 spiro atoms. The summed E-state index contributed by atoms with van der Waals surface area (Å²) in [6.45, 7) is 3.08. The van der Waals surface area contributed by atoms with Crippen molar-refractivity contribution >= 4 is 5.91 Å². The molecule has 1 aliphatic rings. The number of allylic oxidation sites excluding steroid dienone is 2. The topological polar surface area (TPSA) is 189 Å². The zero-order valence-electron chi connectivity index (χ0n) is 22.9. The second kappa shape index (κ2) is 19.8. The van der Waals surface area contributed by atoms with Crippen LogP contribution in [0.3, 0.4) is 0 Å². The van der Waals surface area contributed by atoms with Gasteiger partial charge in [0.25, 0.3) is 0 Å². The van der Waals surface area contributed by atoms with E-state index < -0.39 is 74.2 Å². The average molecular weight is 550 g/mol. The fourth-order valence-electron chi connectivity index (χ4n) is 4.26. The van der Waals surface area contributed by atoms with Gasteiger partial charge in [-0.15, -0.1) is 0 Å². The molecule has 11 heteroatoms. The van der Waals surface area contributed by atoms with Gasteiger partial charge in [0.05, 0.1) is 25.4 Å². The molecular formula is C27H51NO10. The van der Waals surface area contributed by atoms with Crippen LogP contribution in [0, 0.1) is 0 Å². The van der Waals surface area contributed by atoms with E-state index in [0.717, 1.165) is 25.7 Å². The van der Waals surface area contributed by atoms with Gasteiger partial charge in [0, 0.05) is 0 Å². The van der Waals surface area contributed by atoms with Gasteiger partial charge in [-0.05, 0) is 32.1 Å². The summed E-state index contributed by atoms with van der Waals surface area (Å²) in [6.07, 6.45) is 1.44. The normalized spacial score (nSPS) is 27.2. The minimum absolute atomic E-state index is 0.173. The monoisotopic (exact) mass is 549 g/mol. The molecule has 1 heterocycles. The highest BCUT2D eigenvalue weighted by Crippen LogP contribution is 2.22. The van der Waals surface area contributed by atoms with Crippen LogP contribution in [-0.4, -0.2) is 110 Å². The number of carbonyl (C=O) groups excluding carboxylic acids is 1. The molecule has 9 unspecified atom stereocenters. The van der Waals surface area contributed by atoms with Gasteiger partial charge in [0.2, 0.25) is 5.91 Å². The average Bonchev–Trinajstić information content (AvgIpc) is 2.91. The van der Waals surface area contributed by atoms with E-state index in [0.29, 0.717) is 12.8 Å². The molecule has 0 aromatic carbocycles. The minimum Gasteiger partial charge on any atom is -0.394 e. The number of nitrogens with one attached hydrogen (secondary N) is 1. The SMILES string of the molecule is CCCCCC/C=C\CCC(O)C(=O)NC(COC1OC(CO)C(O)C(O)C1O)C(O)C(O)CCCCC. The molecule has 0 saturated carbocycles. The van der Waals surface area contributed by atoms with Crippen LogP contribution in [0.25, 0.3) is 0 Å². The smallest absolute Gasteiger partial charge is 0.249 e. The van der Waals surface area contributed by atoms with Crippen molar-refractivity contribution in [1.82, 2.24) is 5.32 Å². The van der Waals surface area contributed by atoms with Gasteiger partial charge < -0.3 is 50.5 Å². The Hall–Kier alpha value is -1.15. The molecule has 1 rings (SSSR count). The van der Waals surface area contributed by atoms with E-state index in [-0.39, 0.29) is 12.8 Å². The lowest BCUT2D eigenvalue weighted by Gasteiger charge is -2.40. The summed E-state index contributed by atoms with van der Waals surface area (Å²) in [5, 5.41) is 73.6. The highest BCUT2D eigenvalue weighted by molar-refractivity contribution is 5.80. The van der Waals surface area contributed by atoms with Crippen molar-refractivity contribution in [2.24, 2.45) is 0 Å². The van der Waals surface area contributed by atoms with E-state index in [1.807, 2.05) is 19.1 Å². The number of hydrogen-bond donors (Lipinski definition) is 8. The lowest BCUT2D eigenvalue weighted by Crippen LogP contribution is -2.60. The zero-order chi connectivity index (χ0) is 28.5. The van der Waals surface area contributed by atoms with Gasteiger partial charge in [-0.2, -0.15) is 0 Å². The van der Waals surface area contributed by atoms with E-state index in [1.54, 1.807) is 0 Å². The lowest BCUT2D eigenvalue weighted by atomic mass is 9.98. The summed E-state index contributed by atoms with van der Waals surface area (Å²) in [6, 6.07) is -1.17. The van der Waals surface area contributed by atoms with E-state index in [2.05, 4.69) is 12.2 Å². The molecule has 8 N–H and O–H groups in total. The molecule has 38 heavy (non-hydrogen) atoms. The summed E-state index contributed by atoms with van der Waals surface area (Å²) >= 11 is 0. The third kappa shape index (κ3) is 12.4. The van der Waals surface area contributed by atoms with Gasteiger partial charge in [-0.1, -0.05) is 64.5 Å². The molecule has 9 atom stereocenters. The molecule has 0 aromatic rings. The Bertz CT molecular complexity index is 649. The first-order valence-electron chi connectivity index (χ1n) is 14.1. The van der Waals surface area contributed by atoms with Gasteiger partial charge in [-0.25, -0.2) is 0 Å². The Morgan fingerprint density at radius 3 is 2.21 bits per heavy atom. The number of aliphatic hydroxyl groups is 7. The van der Waals surface area contributed by atoms with E-state index in [4.69, 9.17) is 9.47 Å². The van der Waals surface area contributed by atoms with Crippen molar-refractivity contribution in [3.05, 3.63) is 12.2 Å². The molecule has 1 fully saturated rings. The molecule has 1 saturated heterocycles. The zero-order valence-corrected chi connectivity index (χ0v) is 22.9. The molecular weight excluding hydrogens is 498 g/mol. The lowest BCUT2D eigenvalue weighted by molar-refractivity contribution is -0.303. The fraction of sp³-hybridized carbons (Fsp3) is 0.889. The standard InChI is InChI=1S/C27H51NO10/c1-3-5-7-8-9-10-11-13-15-20(31)26(36)28-18(22(32)19(30)14-12-6-4-2)17-37-27-25(35)24(34)23(33)21(16-29)38-27/h10-11,18-25,27,29-35H,3-9,12-17H2,1-2H3,(H,28,36)/b11-10-. The van der Waals surface area contributed by atoms with Crippen LogP contribution in [0.1, 0.15) is 84.5 Å². The second-order valence-electron chi connectivity index (χ2n) is 10.1. The first-order valence-corrected chi connectivity index (χ1v) is 14.1. The Labute approximate surface area is 226 Å². The first-order chi connectivity index (χ1) is 18.2. The van der Waals surface area contributed by atoms with Crippen molar-refractivity contribution in [3.63, 3.8) is 0 Å². The van der Waals surface area contributed by atoms with Gasteiger partial charge in [-0.3, -0.25) is 4.79 Å². The summed E-state index contributed by atoms with van der Waals surface area (Å²) < 4.78 is 10.8. The summed E-state index contributed by atoms with van der Waals surface area (Å²) in [4.78, 5) is 12.7. The quantitative estimate of drug-likeness (QED) is 0.0772. The maximum absolute atomic E-state index is 12.7. The summed E-state index contributed by atoms with van der Waals surface area (Å²) in [7, 11) is 0. The summed E-state index contributed by atoms with van der Waals surface area (Å²) in [5.41, 5.74) is 0. The predicted octanol–water partition coefficient (Wildman–Crippen LogP) is 0.258. The van der Waals surface area contributed by atoms with Crippen molar-refractivity contribution < 1.29 is 50.0 Å². The van der Waals surface area contributed by atoms with Crippen LogP contribution < -0.4 is 5.32 Å². The number of rotatable bonds is 20. The van der Waals surface area contributed by atoms with Crippen molar-refractivity contribution in [2.45, 2.75) is 140 Å². The maximum atomic E-state index is 12.7. The first kappa shape index (κ1) is 34.9. The molecule has 1 amide bonds. The van der Waals surface area contributed by atoms with E-state index in [9.17, 15) is 40.5 Å². The van der Waals surface area contributed by atoms with Gasteiger partial charge in [0.1, 0.15) is 36.6 Å². The minimum atomic E-state index is -1.66. The van der Waals surface area contributed by atoms with Crippen LogP contribution in [0.15, 0.2) is 12.2 Å². The van der Waals surface area contributed by atoms with Crippen molar-refractivity contribution in [1.29, 1.82) is 0 Å². The Kier molecular flexibility index (Phi) is 18.2. The van der Waals surface area contributed by atoms with Crippen LogP contribution >= 0.6 is 0 Å². The number of unbranched alkanes of at least 4 members (excludes halogenated alkanes) is 6. The van der Waals surface area contributed by atoms with Crippen molar-refractivity contribution in [2.75, 3.05) is 13.2 Å². The predicted molar refractivity (Wildman–Crippen MR) is 141 cm³/mol. The van der Waals surface area contributed by atoms with Crippen molar-refractivity contribution in [3.8, 4) is 0 Å².